The van der Waals surface area contributed by atoms with Crippen LogP contribution in [0.25, 0.3) is 0 Å². The third kappa shape index (κ3) is 2.59. The van der Waals surface area contributed by atoms with Crippen molar-refractivity contribution in [2.75, 3.05) is 0 Å². The molecule has 0 aliphatic heterocycles. The third-order valence-corrected chi connectivity index (χ3v) is 3.16. The summed E-state index contributed by atoms with van der Waals surface area (Å²) in [6, 6.07) is 12.8. The van der Waals surface area contributed by atoms with E-state index >= 15 is 0 Å². The van der Waals surface area contributed by atoms with Crippen molar-refractivity contribution in [2.24, 2.45) is 0 Å². The van der Waals surface area contributed by atoms with Gasteiger partial charge in [0, 0.05) is 12.0 Å². The fourth-order valence-corrected chi connectivity index (χ4v) is 1.93. The Morgan fingerprint density at radius 1 is 1.11 bits per heavy atom. The third-order valence-electron chi connectivity index (χ3n) is 3.16. The number of hydrogen-bond donors (Lipinski definition) is 1. The van der Waals surface area contributed by atoms with Crippen LogP contribution in [-0.4, -0.2) is 10.9 Å². The minimum absolute atomic E-state index is 0.0678. The van der Waals surface area contributed by atoms with Gasteiger partial charge in [-0.05, 0) is 36.6 Å². The number of aromatic hydroxyl groups is 1. The Hall–Kier alpha value is -2.09. The maximum atomic E-state index is 12.0. The summed E-state index contributed by atoms with van der Waals surface area (Å²) in [6.07, 6.45) is 0.318. The van der Waals surface area contributed by atoms with Gasteiger partial charge in [-0.2, -0.15) is 0 Å². The van der Waals surface area contributed by atoms with Crippen LogP contribution < -0.4 is 0 Å². The first kappa shape index (κ1) is 12.4. The molecule has 0 radical (unpaired) electrons. The second-order valence-electron chi connectivity index (χ2n) is 4.52. The summed E-state index contributed by atoms with van der Waals surface area (Å²) < 4.78 is 0. The van der Waals surface area contributed by atoms with E-state index in [4.69, 9.17) is 0 Å². The molecule has 0 aliphatic carbocycles. The lowest BCUT2D eigenvalue weighted by molar-refractivity contribution is 0.0993. The fourth-order valence-electron chi connectivity index (χ4n) is 1.93. The number of ketones is 1. The number of hydrogen-bond acceptors (Lipinski definition) is 2. The van der Waals surface area contributed by atoms with Crippen molar-refractivity contribution in [2.45, 2.75) is 20.3 Å². The first-order valence-corrected chi connectivity index (χ1v) is 5.95. The largest absolute Gasteiger partial charge is 0.508 e. The molecule has 0 aromatic heterocycles. The van der Waals surface area contributed by atoms with Crippen LogP contribution in [0.2, 0.25) is 0 Å². The van der Waals surface area contributed by atoms with E-state index in [9.17, 15) is 9.90 Å². The van der Waals surface area contributed by atoms with Gasteiger partial charge in [-0.1, -0.05) is 36.4 Å². The number of carbonyl (C=O) groups excluding carboxylic acids is 1. The summed E-state index contributed by atoms with van der Waals surface area (Å²) >= 11 is 0. The van der Waals surface area contributed by atoms with E-state index in [1.165, 1.54) is 0 Å². The molecule has 1 N–H and O–H groups in total. The molecule has 0 heterocycles. The summed E-state index contributed by atoms with van der Waals surface area (Å²) in [5.74, 6) is 0.323. The number of rotatable bonds is 3. The summed E-state index contributed by atoms with van der Waals surface area (Å²) in [7, 11) is 0. The van der Waals surface area contributed by atoms with Crippen molar-refractivity contribution in [3.05, 3.63) is 64.7 Å². The van der Waals surface area contributed by atoms with Gasteiger partial charge in [-0.25, -0.2) is 0 Å². The number of benzene rings is 2. The van der Waals surface area contributed by atoms with Gasteiger partial charge >= 0.3 is 0 Å². The van der Waals surface area contributed by atoms with Crippen LogP contribution in [0.15, 0.2) is 42.5 Å². The van der Waals surface area contributed by atoms with E-state index in [-0.39, 0.29) is 11.5 Å². The Balaban J connectivity index is 2.23. The van der Waals surface area contributed by atoms with E-state index in [0.717, 1.165) is 16.7 Å². The predicted molar refractivity (Wildman–Crippen MR) is 72.1 cm³/mol. The predicted octanol–water partition coefficient (Wildman–Crippen LogP) is 3.43. The first-order valence-electron chi connectivity index (χ1n) is 5.95. The molecule has 0 saturated heterocycles. The van der Waals surface area contributed by atoms with E-state index in [1.807, 2.05) is 50.2 Å². The zero-order chi connectivity index (χ0) is 13.1. The van der Waals surface area contributed by atoms with Crippen molar-refractivity contribution < 1.29 is 9.90 Å². The Bertz CT molecular complexity index is 548. The van der Waals surface area contributed by atoms with E-state index in [1.54, 1.807) is 6.07 Å². The van der Waals surface area contributed by atoms with Crippen molar-refractivity contribution >= 4 is 5.78 Å². The maximum absolute atomic E-state index is 12.0. The SMILES string of the molecule is Cc1cc(CC(=O)c2ccccc2)cc(O)c1C. The molecule has 0 aliphatic rings. The highest BCUT2D eigenvalue weighted by atomic mass is 16.3. The molecular weight excluding hydrogens is 224 g/mol. The Morgan fingerprint density at radius 3 is 2.39 bits per heavy atom. The lowest BCUT2D eigenvalue weighted by Gasteiger charge is -2.07. The van der Waals surface area contributed by atoms with Crippen LogP contribution >= 0.6 is 0 Å². The second-order valence-corrected chi connectivity index (χ2v) is 4.52. The van der Waals surface area contributed by atoms with Gasteiger partial charge in [0.05, 0.1) is 0 Å². The number of phenols is 1. The Kier molecular flexibility index (Phi) is 3.47. The topological polar surface area (TPSA) is 37.3 Å². The molecule has 2 rings (SSSR count). The molecule has 18 heavy (non-hydrogen) atoms. The molecule has 0 fully saturated rings. The van der Waals surface area contributed by atoms with Gasteiger partial charge in [0.1, 0.15) is 5.75 Å². The van der Waals surface area contributed by atoms with Gasteiger partial charge < -0.3 is 5.11 Å². The van der Waals surface area contributed by atoms with Crippen LogP contribution in [0.4, 0.5) is 0 Å². The van der Waals surface area contributed by atoms with Crippen LogP contribution in [0.1, 0.15) is 27.0 Å². The molecule has 0 bridgehead atoms. The van der Waals surface area contributed by atoms with Gasteiger partial charge in [0.2, 0.25) is 0 Å². The zero-order valence-electron chi connectivity index (χ0n) is 10.6. The number of phenolic OH excluding ortho intramolecular Hbond substituents is 1. The minimum atomic E-state index is 0.0678. The lowest BCUT2D eigenvalue weighted by Crippen LogP contribution is -2.03. The van der Waals surface area contributed by atoms with Crippen molar-refractivity contribution in [3.8, 4) is 5.75 Å². The normalized spacial score (nSPS) is 10.3. The van der Waals surface area contributed by atoms with Gasteiger partial charge in [-0.3, -0.25) is 4.79 Å². The van der Waals surface area contributed by atoms with Crippen LogP contribution in [-0.2, 0) is 6.42 Å². The summed E-state index contributed by atoms with van der Waals surface area (Å²) in [5, 5.41) is 9.75. The first-order chi connectivity index (χ1) is 8.58. The maximum Gasteiger partial charge on any atom is 0.167 e. The van der Waals surface area contributed by atoms with Crippen molar-refractivity contribution in [1.82, 2.24) is 0 Å². The molecule has 2 aromatic rings. The molecule has 2 heteroatoms. The molecule has 2 aromatic carbocycles. The molecule has 0 spiro atoms. The van der Waals surface area contributed by atoms with E-state index < -0.39 is 0 Å². The molecule has 0 atom stereocenters. The van der Waals surface area contributed by atoms with Crippen LogP contribution in [0.3, 0.4) is 0 Å². The van der Waals surface area contributed by atoms with Gasteiger partial charge in [-0.15, -0.1) is 0 Å². The monoisotopic (exact) mass is 240 g/mol. The smallest absolute Gasteiger partial charge is 0.167 e. The van der Waals surface area contributed by atoms with Crippen molar-refractivity contribution in [1.29, 1.82) is 0 Å². The van der Waals surface area contributed by atoms with Crippen LogP contribution in [0.5, 0.6) is 5.75 Å². The number of aryl methyl sites for hydroxylation is 1. The fraction of sp³-hybridized carbons (Fsp3) is 0.188. The highest BCUT2D eigenvalue weighted by Crippen LogP contribution is 2.22. The molecule has 92 valence electrons. The molecule has 2 nitrogen and oxygen atoms in total. The average Bonchev–Trinajstić information content (AvgIpc) is 2.37. The molecule has 0 unspecified atom stereocenters. The lowest BCUT2D eigenvalue weighted by atomic mass is 9.99. The molecule has 0 saturated carbocycles. The quantitative estimate of drug-likeness (QED) is 0.834. The summed E-state index contributed by atoms with van der Waals surface area (Å²) in [4.78, 5) is 12.0. The highest BCUT2D eigenvalue weighted by molar-refractivity contribution is 5.97. The number of Topliss-reactive ketones (excluding diaryl/α,β-unsaturated/α-hetero) is 1. The number of carbonyl (C=O) groups is 1. The zero-order valence-corrected chi connectivity index (χ0v) is 10.6. The highest BCUT2D eigenvalue weighted by Gasteiger charge is 2.09. The molecular formula is C16H16O2. The van der Waals surface area contributed by atoms with Gasteiger partial charge in [0.25, 0.3) is 0 Å². The molecule has 0 amide bonds. The van der Waals surface area contributed by atoms with Crippen LogP contribution in [0, 0.1) is 13.8 Å². The summed E-state index contributed by atoms with van der Waals surface area (Å²) in [6.45, 7) is 3.80. The summed E-state index contributed by atoms with van der Waals surface area (Å²) in [5.41, 5.74) is 3.43. The second kappa shape index (κ2) is 5.05. The Labute approximate surface area is 107 Å². The van der Waals surface area contributed by atoms with Crippen molar-refractivity contribution in [3.63, 3.8) is 0 Å². The van der Waals surface area contributed by atoms with E-state index in [0.29, 0.717) is 12.0 Å². The standard InChI is InChI=1S/C16H16O2/c1-11-8-13(9-15(17)12(11)2)10-16(18)14-6-4-3-5-7-14/h3-9,17H,10H2,1-2H3. The average molecular weight is 240 g/mol. The Morgan fingerprint density at radius 2 is 1.78 bits per heavy atom. The van der Waals surface area contributed by atoms with Gasteiger partial charge in [0.15, 0.2) is 5.78 Å². The van der Waals surface area contributed by atoms with E-state index in [2.05, 4.69) is 0 Å². The minimum Gasteiger partial charge on any atom is -0.508 e.